The summed E-state index contributed by atoms with van der Waals surface area (Å²) in [5, 5.41) is 19.0. The summed E-state index contributed by atoms with van der Waals surface area (Å²) in [6.07, 6.45) is 7.26. The first-order valence-electron chi connectivity index (χ1n) is 4.50. The normalized spacial score (nSPS) is 11.6. The molecule has 0 bridgehead atoms. The first-order chi connectivity index (χ1) is 6.69. The Kier molecular flexibility index (Phi) is 3.35. The molecule has 0 aliphatic rings. The lowest BCUT2D eigenvalue weighted by Gasteiger charge is -2.04. The lowest BCUT2D eigenvalue weighted by atomic mass is 10.1. The second kappa shape index (κ2) is 4.51. The quantitative estimate of drug-likeness (QED) is 0.752. The van der Waals surface area contributed by atoms with Crippen molar-refractivity contribution >= 4 is 12.2 Å². The van der Waals surface area contributed by atoms with E-state index in [0.717, 1.165) is 0 Å². The summed E-state index contributed by atoms with van der Waals surface area (Å²) < 4.78 is 0. The van der Waals surface area contributed by atoms with E-state index in [-0.39, 0.29) is 11.5 Å². The zero-order valence-electron chi connectivity index (χ0n) is 8.36. The molecule has 0 unspecified atom stereocenters. The zero-order chi connectivity index (χ0) is 10.6. The Bertz CT molecular complexity index is 343. The molecule has 2 N–H and O–H groups in total. The molecule has 2 nitrogen and oxygen atoms in total. The van der Waals surface area contributed by atoms with Crippen LogP contribution in [0.25, 0.3) is 12.2 Å². The minimum Gasteiger partial charge on any atom is -0.507 e. The van der Waals surface area contributed by atoms with Gasteiger partial charge in [0.15, 0.2) is 0 Å². The molecule has 1 aromatic carbocycles. The minimum absolute atomic E-state index is 0.0915. The van der Waals surface area contributed by atoms with Gasteiger partial charge >= 0.3 is 0 Å². The molecular weight excluding hydrogens is 176 g/mol. The summed E-state index contributed by atoms with van der Waals surface area (Å²) in [5.41, 5.74) is 1.41. The maximum Gasteiger partial charge on any atom is 0.126 e. The van der Waals surface area contributed by atoms with Crippen LogP contribution in [-0.2, 0) is 0 Å². The molecule has 0 aliphatic carbocycles. The summed E-state index contributed by atoms with van der Waals surface area (Å²) >= 11 is 0. The van der Waals surface area contributed by atoms with Crippen LogP contribution >= 0.6 is 0 Å². The van der Waals surface area contributed by atoms with Crippen LogP contribution in [0.15, 0.2) is 24.3 Å². The second-order valence-corrected chi connectivity index (χ2v) is 2.97. The summed E-state index contributed by atoms with van der Waals surface area (Å²) in [6.45, 7) is 3.75. The summed E-state index contributed by atoms with van der Waals surface area (Å²) in [4.78, 5) is 0. The van der Waals surface area contributed by atoms with E-state index in [2.05, 4.69) is 0 Å². The molecule has 0 saturated carbocycles. The van der Waals surface area contributed by atoms with Gasteiger partial charge in [0.2, 0.25) is 0 Å². The van der Waals surface area contributed by atoms with Crippen LogP contribution < -0.4 is 0 Å². The number of aromatic hydroxyl groups is 2. The van der Waals surface area contributed by atoms with Gasteiger partial charge in [0.1, 0.15) is 11.5 Å². The van der Waals surface area contributed by atoms with E-state index in [1.807, 2.05) is 26.0 Å². The Morgan fingerprint density at radius 1 is 0.857 bits per heavy atom. The molecule has 0 spiro atoms. The van der Waals surface area contributed by atoms with Crippen molar-refractivity contribution in [3.8, 4) is 11.5 Å². The third-order valence-electron chi connectivity index (χ3n) is 1.87. The van der Waals surface area contributed by atoms with Crippen molar-refractivity contribution in [2.24, 2.45) is 0 Å². The highest BCUT2D eigenvalue weighted by atomic mass is 16.3. The van der Waals surface area contributed by atoms with Crippen molar-refractivity contribution in [1.29, 1.82) is 0 Å². The smallest absolute Gasteiger partial charge is 0.126 e. The maximum absolute atomic E-state index is 9.48. The largest absolute Gasteiger partial charge is 0.507 e. The fraction of sp³-hybridized carbons (Fsp3) is 0.167. The van der Waals surface area contributed by atoms with E-state index in [1.54, 1.807) is 18.2 Å². The predicted molar refractivity (Wildman–Crippen MR) is 59.2 cm³/mol. The molecule has 1 aromatic rings. The Morgan fingerprint density at radius 2 is 1.29 bits per heavy atom. The third-order valence-corrected chi connectivity index (χ3v) is 1.87. The van der Waals surface area contributed by atoms with E-state index in [1.165, 1.54) is 6.07 Å². The van der Waals surface area contributed by atoms with Gasteiger partial charge in [-0.25, -0.2) is 0 Å². The number of benzene rings is 1. The van der Waals surface area contributed by atoms with Gasteiger partial charge in [-0.1, -0.05) is 24.3 Å². The van der Waals surface area contributed by atoms with Gasteiger partial charge in [0.25, 0.3) is 0 Å². The van der Waals surface area contributed by atoms with Crippen LogP contribution in [0.5, 0.6) is 11.5 Å². The van der Waals surface area contributed by atoms with Gasteiger partial charge in [-0.3, -0.25) is 0 Å². The van der Waals surface area contributed by atoms with Gasteiger partial charge in [0, 0.05) is 17.2 Å². The highest BCUT2D eigenvalue weighted by molar-refractivity contribution is 5.67. The molecule has 0 aliphatic heterocycles. The molecule has 0 aromatic heterocycles. The fourth-order valence-corrected chi connectivity index (χ4v) is 1.24. The number of phenolic OH excluding ortho intramolecular Hbond substituents is 2. The van der Waals surface area contributed by atoms with Crippen LogP contribution in [0.3, 0.4) is 0 Å². The second-order valence-electron chi connectivity index (χ2n) is 2.97. The molecule has 1 rings (SSSR count). The molecular formula is C12H14O2. The zero-order valence-corrected chi connectivity index (χ0v) is 8.36. The van der Waals surface area contributed by atoms with Gasteiger partial charge in [-0.05, 0) is 19.9 Å². The number of hydrogen-bond acceptors (Lipinski definition) is 2. The minimum atomic E-state index is 0.0915. The molecule has 74 valence electrons. The molecule has 2 heteroatoms. The number of allylic oxidation sites excluding steroid dienone is 2. The molecule has 0 heterocycles. The first-order valence-corrected chi connectivity index (χ1v) is 4.50. The molecule has 0 saturated heterocycles. The molecule has 0 radical (unpaired) electrons. The van der Waals surface area contributed by atoms with E-state index >= 15 is 0 Å². The van der Waals surface area contributed by atoms with E-state index in [0.29, 0.717) is 11.1 Å². The number of hydrogen-bond donors (Lipinski definition) is 2. The van der Waals surface area contributed by atoms with Crippen molar-refractivity contribution in [1.82, 2.24) is 0 Å². The first kappa shape index (κ1) is 10.4. The average Bonchev–Trinajstić information content (AvgIpc) is 2.14. The lowest BCUT2D eigenvalue weighted by molar-refractivity contribution is 0.449. The van der Waals surface area contributed by atoms with Crippen molar-refractivity contribution in [3.63, 3.8) is 0 Å². The van der Waals surface area contributed by atoms with Crippen LogP contribution in [0, 0.1) is 0 Å². The average molecular weight is 190 g/mol. The predicted octanol–water partition coefficient (Wildman–Crippen LogP) is 3.16. The van der Waals surface area contributed by atoms with Crippen molar-refractivity contribution in [3.05, 3.63) is 35.4 Å². The Hall–Kier alpha value is -1.70. The lowest BCUT2D eigenvalue weighted by Crippen LogP contribution is -1.80. The van der Waals surface area contributed by atoms with E-state index < -0.39 is 0 Å². The fourth-order valence-electron chi connectivity index (χ4n) is 1.24. The summed E-state index contributed by atoms with van der Waals surface area (Å²) in [7, 11) is 0. The van der Waals surface area contributed by atoms with E-state index in [9.17, 15) is 10.2 Å². The standard InChI is InChI=1S/C12H14O2/c1-3-5-9-7-10(6-4-2)12(14)8-11(9)13/h3-8,13-14H,1-2H3. The van der Waals surface area contributed by atoms with Gasteiger partial charge in [-0.2, -0.15) is 0 Å². The van der Waals surface area contributed by atoms with Gasteiger partial charge in [0.05, 0.1) is 0 Å². The van der Waals surface area contributed by atoms with Crippen molar-refractivity contribution in [2.45, 2.75) is 13.8 Å². The van der Waals surface area contributed by atoms with Crippen LogP contribution in [-0.4, -0.2) is 10.2 Å². The van der Waals surface area contributed by atoms with Crippen LogP contribution in [0.1, 0.15) is 25.0 Å². The monoisotopic (exact) mass is 190 g/mol. The highest BCUT2D eigenvalue weighted by Crippen LogP contribution is 2.29. The van der Waals surface area contributed by atoms with Crippen molar-refractivity contribution < 1.29 is 10.2 Å². The van der Waals surface area contributed by atoms with E-state index in [4.69, 9.17) is 0 Å². The summed E-state index contributed by atoms with van der Waals surface area (Å²) in [6, 6.07) is 3.09. The molecule has 0 atom stereocenters. The van der Waals surface area contributed by atoms with Crippen LogP contribution in [0.2, 0.25) is 0 Å². The Morgan fingerprint density at radius 3 is 1.64 bits per heavy atom. The number of rotatable bonds is 2. The third kappa shape index (κ3) is 2.16. The molecule has 0 amide bonds. The van der Waals surface area contributed by atoms with Gasteiger partial charge in [-0.15, -0.1) is 0 Å². The van der Waals surface area contributed by atoms with Crippen LogP contribution in [0.4, 0.5) is 0 Å². The summed E-state index contributed by atoms with van der Waals surface area (Å²) in [5.74, 6) is 0.183. The Balaban J connectivity index is 3.26. The molecule has 14 heavy (non-hydrogen) atoms. The molecule has 0 fully saturated rings. The number of phenols is 2. The highest BCUT2D eigenvalue weighted by Gasteiger charge is 2.03. The topological polar surface area (TPSA) is 40.5 Å². The maximum atomic E-state index is 9.48. The van der Waals surface area contributed by atoms with Crippen molar-refractivity contribution in [2.75, 3.05) is 0 Å². The SMILES string of the molecule is CC=Cc1cc(C=CC)c(O)cc1O. The van der Waals surface area contributed by atoms with Gasteiger partial charge < -0.3 is 10.2 Å². The Labute approximate surface area is 83.8 Å².